The second-order valence-corrected chi connectivity index (χ2v) is 8.11. The molecule has 174 valence electrons. The van der Waals surface area contributed by atoms with Gasteiger partial charge in [-0.15, -0.1) is 12.4 Å². The van der Waals surface area contributed by atoms with Crippen molar-refractivity contribution in [3.8, 4) is 23.1 Å². The summed E-state index contributed by atoms with van der Waals surface area (Å²) in [6, 6.07) is 6.01. The molecule has 8 nitrogen and oxygen atoms in total. The predicted molar refractivity (Wildman–Crippen MR) is 126 cm³/mol. The van der Waals surface area contributed by atoms with Crippen molar-refractivity contribution in [2.24, 2.45) is 5.73 Å². The number of hydrogen-bond donors (Lipinski definition) is 3. The summed E-state index contributed by atoms with van der Waals surface area (Å²) >= 11 is 0. The number of primary amides is 1. The molecule has 1 amide bonds. The fourth-order valence-electron chi connectivity index (χ4n) is 3.98. The lowest BCUT2D eigenvalue weighted by atomic mass is 9.85. The van der Waals surface area contributed by atoms with E-state index in [1.54, 1.807) is 16.7 Å². The van der Waals surface area contributed by atoms with Crippen molar-refractivity contribution in [1.29, 1.82) is 0 Å². The molecule has 0 saturated heterocycles. The number of anilines is 1. The van der Waals surface area contributed by atoms with E-state index in [0.29, 0.717) is 48.2 Å². The number of aliphatic hydroxyl groups is 1. The number of aryl methyl sites for hydroxylation is 1. The lowest BCUT2D eigenvalue weighted by Crippen LogP contribution is -2.29. The molecule has 1 aliphatic carbocycles. The first-order chi connectivity index (χ1) is 15.3. The third-order valence-corrected chi connectivity index (χ3v) is 5.61. The SMILES string of the molecule is Cl.NC(=O)CCCn1c(N)nc2c(-c3cccc(F)c3)nc(C#CC3(O)CCCCC3)nc21. The van der Waals surface area contributed by atoms with Gasteiger partial charge in [0.2, 0.25) is 17.7 Å². The molecule has 0 spiro atoms. The lowest BCUT2D eigenvalue weighted by Gasteiger charge is -2.26. The van der Waals surface area contributed by atoms with Crippen molar-refractivity contribution in [3.63, 3.8) is 0 Å². The number of nitrogens with zero attached hydrogens (tertiary/aromatic N) is 4. The number of amides is 1. The Kier molecular flexibility index (Phi) is 7.51. The van der Waals surface area contributed by atoms with Gasteiger partial charge in [-0.1, -0.05) is 24.5 Å². The van der Waals surface area contributed by atoms with E-state index in [1.807, 2.05) is 0 Å². The van der Waals surface area contributed by atoms with Crippen LogP contribution in [0.3, 0.4) is 0 Å². The van der Waals surface area contributed by atoms with E-state index in [9.17, 15) is 14.3 Å². The minimum atomic E-state index is -1.06. The number of halogens is 2. The second kappa shape index (κ2) is 10.1. The molecular weight excluding hydrogens is 447 g/mol. The Morgan fingerprint density at radius 3 is 2.67 bits per heavy atom. The average Bonchev–Trinajstić information content (AvgIpc) is 3.07. The number of carbonyl (C=O) groups excluding carboxylic acids is 1. The highest BCUT2D eigenvalue weighted by molar-refractivity contribution is 5.89. The maximum absolute atomic E-state index is 13.9. The quantitative estimate of drug-likeness (QED) is 0.489. The van der Waals surface area contributed by atoms with Gasteiger partial charge >= 0.3 is 0 Å². The van der Waals surface area contributed by atoms with Gasteiger partial charge in [0.25, 0.3) is 0 Å². The summed E-state index contributed by atoms with van der Waals surface area (Å²) in [7, 11) is 0. The van der Waals surface area contributed by atoms with Crippen LogP contribution < -0.4 is 11.5 Å². The number of benzene rings is 1. The first-order valence-corrected chi connectivity index (χ1v) is 10.7. The van der Waals surface area contributed by atoms with Crippen LogP contribution in [0.2, 0.25) is 0 Å². The van der Waals surface area contributed by atoms with Crippen LogP contribution in [0.1, 0.15) is 50.8 Å². The van der Waals surface area contributed by atoms with E-state index in [-0.39, 0.29) is 30.6 Å². The highest BCUT2D eigenvalue weighted by atomic mass is 35.5. The summed E-state index contributed by atoms with van der Waals surface area (Å²) < 4.78 is 15.6. The number of imidazole rings is 1. The van der Waals surface area contributed by atoms with Crippen molar-refractivity contribution in [1.82, 2.24) is 19.5 Å². The summed E-state index contributed by atoms with van der Waals surface area (Å²) in [5.74, 6) is 5.42. The Labute approximate surface area is 197 Å². The number of hydrogen-bond acceptors (Lipinski definition) is 6. The molecule has 0 aliphatic heterocycles. The van der Waals surface area contributed by atoms with Gasteiger partial charge in [0.05, 0.1) is 0 Å². The van der Waals surface area contributed by atoms with Gasteiger partial charge in [-0.3, -0.25) is 9.36 Å². The van der Waals surface area contributed by atoms with E-state index in [2.05, 4.69) is 26.8 Å². The molecule has 1 saturated carbocycles. The first-order valence-electron chi connectivity index (χ1n) is 10.7. The van der Waals surface area contributed by atoms with Crippen molar-refractivity contribution < 1.29 is 14.3 Å². The van der Waals surface area contributed by atoms with Gasteiger partial charge in [-0.25, -0.2) is 19.3 Å². The number of fused-ring (bicyclic) bond motifs is 1. The van der Waals surface area contributed by atoms with Gasteiger partial charge in [0, 0.05) is 18.5 Å². The zero-order valence-corrected chi connectivity index (χ0v) is 18.9. The maximum atomic E-state index is 13.9. The van der Waals surface area contributed by atoms with Crippen LogP contribution >= 0.6 is 12.4 Å². The third kappa shape index (κ3) is 5.59. The van der Waals surface area contributed by atoms with E-state index in [0.717, 1.165) is 19.3 Å². The van der Waals surface area contributed by atoms with E-state index >= 15 is 0 Å². The normalized spacial score (nSPS) is 14.8. The van der Waals surface area contributed by atoms with Gasteiger partial charge in [-0.2, -0.15) is 0 Å². The largest absolute Gasteiger partial charge is 0.378 e. The molecule has 0 radical (unpaired) electrons. The van der Waals surface area contributed by atoms with Crippen LogP contribution in [0, 0.1) is 17.7 Å². The van der Waals surface area contributed by atoms with Gasteiger partial charge in [0.1, 0.15) is 22.6 Å². The number of nitrogen functional groups attached to an aromatic ring is 1. The minimum absolute atomic E-state index is 0. The third-order valence-electron chi connectivity index (χ3n) is 5.61. The summed E-state index contributed by atoms with van der Waals surface area (Å²) in [6.45, 7) is 0.377. The Balaban J connectivity index is 0.00000306. The molecular formula is C23H26ClFN6O2. The van der Waals surface area contributed by atoms with E-state index in [1.165, 1.54) is 12.1 Å². The summed E-state index contributed by atoms with van der Waals surface area (Å²) in [4.78, 5) is 24.6. The van der Waals surface area contributed by atoms with Crippen LogP contribution in [0.15, 0.2) is 24.3 Å². The van der Waals surface area contributed by atoms with Crippen LogP contribution in [0.25, 0.3) is 22.4 Å². The topological polar surface area (TPSA) is 133 Å². The van der Waals surface area contributed by atoms with Crippen LogP contribution in [-0.2, 0) is 11.3 Å². The van der Waals surface area contributed by atoms with Crippen molar-refractivity contribution >= 4 is 35.4 Å². The first kappa shape index (κ1) is 24.4. The lowest BCUT2D eigenvalue weighted by molar-refractivity contribution is -0.118. The summed E-state index contributed by atoms with van der Waals surface area (Å²) in [5.41, 5.74) is 12.1. The molecule has 0 bridgehead atoms. The number of nitrogens with two attached hydrogens (primary N) is 2. The molecule has 1 fully saturated rings. The highest BCUT2D eigenvalue weighted by Crippen LogP contribution is 2.29. The van der Waals surface area contributed by atoms with Crippen molar-refractivity contribution in [3.05, 3.63) is 35.9 Å². The molecule has 10 heteroatoms. The molecule has 2 aromatic heterocycles. The number of rotatable bonds is 5. The Morgan fingerprint density at radius 2 is 1.97 bits per heavy atom. The predicted octanol–water partition coefficient (Wildman–Crippen LogP) is 2.95. The van der Waals surface area contributed by atoms with Crippen molar-refractivity contribution in [2.75, 3.05) is 5.73 Å². The zero-order chi connectivity index (χ0) is 22.7. The van der Waals surface area contributed by atoms with Gasteiger partial charge < -0.3 is 16.6 Å². The maximum Gasteiger partial charge on any atom is 0.217 e. The van der Waals surface area contributed by atoms with Crippen molar-refractivity contribution in [2.45, 2.75) is 57.1 Å². The molecule has 3 aromatic rings. The molecule has 0 atom stereocenters. The molecule has 0 unspecified atom stereocenters. The Morgan fingerprint density at radius 1 is 1.21 bits per heavy atom. The second-order valence-electron chi connectivity index (χ2n) is 8.11. The molecule has 4 rings (SSSR count). The minimum Gasteiger partial charge on any atom is -0.378 e. The molecule has 5 N–H and O–H groups in total. The number of aromatic nitrogens is 4. The molecule has 1 aromatic carbocycles. The monoisotopic (exact) mass is 472 g/mol. The fraction of sp³-hybridized carbons (Fsp3) is 0.391. The number of carbonyl (C=O) groups is 1. The Bertz CT molecular complexity index is 1230. The smallest absolute Gasteiger partial charge is 0.217 e. The van der Waals surface area contributed by atoms with Gasteiger partial charge in [0.15, 0.2) is 5.65 Å². The van der Waals surface area contributed by atoms with Crippen LogP contribution in [-0.4, -0.2) is 36.1 Å². The summed E-state index contributed by atoms with van der Waals surface area (Å²) in [5, 5.41) is 10.7. The molecule has 33 heavy (non-hydrogen) atoms. The fourth-order valence-corrected chi connectivity index (χ4v) is 3.98. The van der Waals surface area contributed by atoms with Crippen LogP contribution in [0.5, 0.6) is 0 Å². The average molecular weight is 473 g/mol. The molecule has 1 aliphatic rings. The van der Waals surface area contributed by atoms with Gasteiger partial charge in [-0.05, 0) is 50.2 Å². The zero-order valence-electron chi connectivity index (χ0n) is 18.1. The van der Waals surface area contributed by atoms with E-state index in [4.69, 9.17) is 11.5 Å². The van der Waals surface area contributed by atoms with E-state index < -0.39 is 17.3 Å². The standard InChI is InChI=1S/C23H25FN6O2.ClH/c24-16-7-4-6-15(14-16)19-20-21(30(22(26)29-20)13-5-8-17(25)31)28-18(27-19)9-12-23(32)10-2-1-3-11-23;/h4,6-7,14,32H,1-3,5,8,10-11,13H2,(H2,25,31)(H2,26,29);1H. The Hall–Kier alpha value is -3.22. The van der Waals surface area contributed by atoms with Crippen LogP contribution in [0.4, 0.5) is 10.3 Å². The molecule has 2 heterocycles. The summed E-state index contributed by atoms with van der Waals surface area (Å²) in [6.07, 6.45) is 4.80. The highest BCUT2D eigenvalue weighted by Gasteiger charge is 2.27.